The fraction of sp³-hybridized carbons (Fsp3) is 0.529. The van der Waals surface area contributed by atoms with E-state index in [2.05, 4.69) is 10.6 Å². The first-order valence-electron chi connectivity index (χ1n) is 7.94. The maximum atomic E-state index is 12.3. The molecule has 4 N–H and O–H groups in total. The van der Waals surface area contributed by atoms with Crippen molar-refractivity contribution in [1.29, 1.82) is 0 Å². The van der Waals surface area contributed by atoms with Gasteiger partial charge in [0.2, 0.25) is 11.8 Å². The van der Waals surface area contributed by atoms with Gasteiger partial charge >= 0.3 is 0 Å². The zero-order valence-electron chi connectivity index (χ0n) is 13.0. The highest BCUT2D eigenvalue weighted by molar-refractivity contribution is 5.88. The maximum Gasteiger partial charge on any atom is 0.242 e. The first kappa shape index (κ1) is 16.5. The number of rotatable bonds is 6. The molecule has 3 atom stereocenters. The first-order chi connectivity index (χ1) is 10.6. The number of nitrogens with one attached hydrogen (secondary N) is 2. The van der Waals surface area contributed by atoms with E-state index in [9.17, 15) is 9.59 Å². The zero-order chi connectivity index (χ0) is 15.9. The summed E-state index contributed by atoms with van der Waals surface area (Å²) in [6.07, 6.45) is 2.91. The van der Waals surface area contributed by atoms with Crippen LogP contribution in [0.3, 0.4) is 0 Å². The second-order valence-electron chi connectivity index (χ2n) is 5.97. The molecule has 1 aliphatic rings. The van der Waals surface area contributed by atoms with Crippen LogP contribution in [0.4, 0.5) is 0 Å². The Morgan fingerprint density at radius 2 is 2.00 bits per heavy atom. The molecule has 1 aliphatic carbocycles. The van der Waals surface area contributed by atoms with Crippen molar-refractivity contribution in [2.75, 3.05) is 6.54 Å². The summed E-state index contributed by atoms with van der Waals surface area (Å²) in [6, 6.07) is 9.17. The fourth-order valence-corrected chi connectivity index (χ4v) is 2.99. The van der Waals surface area contributed by atoms with E-state index < -0.39 is 6.04 Å². The SMILES string of the molecule is CC(NC(=O)[C@@H]1CCC[C@@H]1CN)C(=O)NCc1ccccc1. The van der Waals surface area contributed by atoms with Gasteiger partial charge in [0.1, 0.15) is 6.04 Å². The van der Waals surface area contributed by atoms with Crippen LogP contribution in [-0.4, -0.2) is 24.4 Å². The van der Waals surface area contributed by atoms with Crippen LogP contribution in [0, 0.1) is 11.8 Å². The lowest BCUT2D eigenvalue weighted by molar-refractivity contribution is -0.131. The van der Waals surface area contributed by atoms with Crippen molar-refractivity contribution in [3.8, 4) is 0 Å². The molecule has 120 valence electrons. The molecule has 2 rings (SSSR count). The van der Waals surface area contributed by atoms with E-state index in [0.717, 1.165) is 24.8 Å². The van der Waals surface area contributed by atoms with Crippen LogP contribution in [0.1, 0.15) is 31.7 Å². The minimum Gasteiger partial charge on any atom is -0.350 e. The molecule has 2 amide bonds. The normalized spacial score (nSPS) is 22.1. The van der Waals surface area contributed by atoms with Gasteiger partial charge in [0.25, 0.3) is 0 Å². The molecule has 1 saturated carbocycles. The number of hydrogen-bond donors (Lipinski definition) is 3. The van der Waals surface area contributed by atoms with Crippen molar-refractivity contribution >= 4 is 11.8 Å². The summed E-state index contributed by atoms with van der Waals surface area (Å²) in [5.41, 5.74) is 6.74. The van der Waals surface area contributed by atoms with Crippen LogP contribution >= 0.6 is 0 Å². The molecule has 0 bridgehead atoms. The molecule has 0 spiro atoms. The smallest absolute Gasteiger partial charge is 0.242 e. The van der Waals surface area contributed by atoms with Gasteiger partial charge in [-0.2, -0.15) is 0 Å². The molecule has 1 fully saturated rings. The van der Waals surface area contributed by atoms with Gasteiger partial charge in [-0.15, -0.1) is 0 Å². The highest BCUT2D eigenvalue weighted by Crippen LogP contribution is 2.30. The Hall–Kier alpha value is -1.88. The van der Waals surface area contributed by atoms with Gasteiger partial charge < -0.3 is 16.4 Å². The van der Waals surface area contributed by atoms with Crippen molar-refractivity contribution in [1.82, 2.24) is 10.6 Å². The second kappa shape index (κ2) is 7.94. The van der Waals surface area contributed by atoms with Gasteiger partial charge in [-0.1, -0.05) is 36.8 Å². The molecule has 22 heavy (non-hydrogen) atoms. The van der Waals surface area contributed by atoms with Crippen LogP contribution < -0.4 is 16.4 Å². The average Bonchev–Trinajstić information content (AvgIpc) is 3.02. The molecular weight excluding hydrogens is 278 g/mol. The van der Waals surface area contributed by atoms with E-state index in [1.807, 2.05) is 30.3 Å². The first-order valence-corrected chi connectivity index (χ1v) is 7.94. The summed E-state index contributed by atoms with van der Waals surface area (Å²) in [5, 5.41) is 5.66. The number of amides is 2. The predicted molar refractivity (Wildman–Crippen MR) is 85.8 cm³/mol. The molecule has 1 aromatic rings. The van der Waals surface area contributed by atoms with E-state index in [4.69, 9.17) is 5.73 Å². The summed E-state index contributed by atoms with van der Waals surface area (Å²) in [4.78, 5) is 24.3. The van der Waals surface area contributed by atoms with Crippen LogP contribution in [0.2, 0.25) is 0 Å². The summed E-state index contributed by atoms with van der Waals surface area (Å²) < 4.78 is 0. The van der Waals surface area contributed by atoms with Gasteiger partial charge in [0, 0.05) is 12.5 Å². The number of nitrogens with two attached hydrogens (primary N) is 1. The minimum atomic E-state index is -0.532. The van der Waals surface area contributed by atoms with Crippen molar-refractivity contribution in [3.05, 3.63) is 35.9 Å². The molecular formula is C17H25N3O2. The molecule has 0 saturated heterocycles. The minimum absolute atomic E-state index is 0.0460. The Balaban J connectivity index is 1.79. The van der Waals surface area contributed by atoms with E-state index in [1.54, 1.807) is 6.92 Å². The molecule has 5 heteroatoms. The van der Waals surface area contributed by atoms with Crippen LogP contribution in [-0.2, 0) is 16.1 Å². The van der Waals surface area contributed by atoms with Gasteiger partial charge in [0.05, 0.1) is 0 Å². The molecule has 0 aromatic heterocycles. The third kappa shape index (κ3) is 4.31. The quantitative estimate of drug-likeness (QED) is 0.738. The highest BCUT2D eigenvalue weighted by atomic mass is 16.2. The third-order valence-corrected chi connectivity index (χ3v) is 4.36. The average molecular weight is 303 g/mol. The highest BCUT2D eigenvalue weighted by Gasteiger charge is 2.33. The summed E-state index contributed by atoms with van der Waals surface area (Å²) in [7, 11) is 0. The molecule has 1 aromatic carbocycles. The van der Waals surface area contributed by atoms with Gasteiger partial charge in [-0.05, 0) is 37.8 Å². The van der Waals surface area contributed by atoms with Crippen molar-refractivity contribution in [2.45, 2.75) is 38.8 Å². The van der Waals surface area contributed by atoms with Crippen molar-refractivity contribution in [2.24, 2.45) is 17.6 Å². The lowest BCUT2D eigenvalue weighted by Crippen LogP contribution is -2.47. The van der Waals surface area contributed by atoms with Gasteiger partial charge in [0.15, 0.2) is 0 Å². The second-order valence-corrected chi connectivity index (χ2v) is 5.97. The lowest BCUT2D eigenvalue weighted by Gasteiger charge is -2.20. The topological polar surface area (TPSA) is 84.2 Å². The van der Waals surface area contributed by atoms with Crippen molar-refractivity contribution < 1.29 is 9.59 Å². The lowest BCUT2D eigenvalue weighted by atomic mass is 9.95. The third-order valence-electron chi connectivity index (χ3n) is 4.36. The maximum absolute atomic E-state index is 12.3. The van der Waals surface area contributed by atoms with Crippen LogP contribution in [0.5, 0.6) is 0 Å². The molecule has 1 unspecified atom stereocenters. The standard InChI is InChI=1S/C17H25N3O2/c1-12(16(21)19-11-13-6-3-2-4-7-13)20-17(22)15-9-5-8-14(15)10-18/h2-4,6-7,12,14-15H,5,8-11,18H2,1H3,(H,19,21)(H,20,22)/t12?,14-,15-/m1/s1. The molecule has 0 heterocycles. The number of carbonyl (C=O) groups is 2. The summed E-state index contributed by atoms with van der Waals surface area (Å²) in [5.74, 6) is -0.0104. The van der Waals surface area contributed by atoms with E-state index >= 15 is 0 Å². The number of carbonyl (C=O) groups excluding carboxylic acids is 2. The number of benzene rings is 1. The van der Waals surface area contributed by atoms with E-state index in [-0.39, 0.29) is 23.7 Å². The fourth-order valence-electron chi connectivity index (χ4n) is 2.99. The molecule has 0 radical (unpaired) electrons. The van der Waals surface area contributed by atoms with E-state index in [1.165, 1.54) is 0 Å². The van der Waals surface area contributed by atoms with E-state index in [0.29, 0.717) is 13.1 Å². The van der Waals surface area contributed by atoms with Gasteiger partial charge in [-0.25, -0.2) is 0 Å². The Morgan fingerprint density at radius 3 is 2.68 bits per heavy atom. The Labute approximate surface area is 131 Å². The van der Waals surface area contributed by atoms with Crippen LogP contribution in [0.25, 0.3) is 0 Å². The van der Waals surface area contributed by atoms with Crippen LogP contribution in [0.15, 0.2) is 30.3 Å². The van der Waals surface area contributed by atoms with Crippen molar-refractivity contribution in [3.63, 3.8) is 0 Å². The molecule has 0 aliphatic heterocycles. The molecule has 5 nitrogen and oxygen atoms in total. The monoisotopic (exact) mass is 303 g/mol. The van der Waals surface area contributed by atoms with Gasteiger partial charge in [-0.3, -0.25) is 9.59 Å². The number of hydrogen-bond acceptors (Lipinski definition) is 3. The summed E-state index contributed by atoms with van der Waals surface area (Å²) >= 11 is 0. The Morgan fingerprint density at radius 1 is 1.27 bits per heavy atom. The largest absolute Gasteiger partial charge is 0.350 e. The summed E-state index contributed by atoms with van der Waals surface area (Å²) in [6.45, 7) is 2.71. The Bertz CT molecular complexity index is 504. The zero-order valence-corrected chi connectivity index (χ0v) is 13.0. The Kier molecular flexibility index (Phi) is 5.95. The predicted octanol–water partition coefficient (Wildman–Crippen LogP) is 1.18.